The summed E-state index contributed by atoms with van der Waals surface area (Å²) in [7, 11) is 1.67. The second kappa shape index (κ2) is 8.83. The topological polar surface area (TPSA) is 42.0 Å². The van der Waals surface area contributed by atoms with E-state index < -0.39 is 0 Å². The molecule has 0 N–H and O–H groups in total. The van der Waals surface area contributed by atoms with Crippen LogP contribution in [0.3, 0.4) is 0 Å². The lowest BCUT2D eigenvalue weighted by Crippen LogP contribution is -2.54. The predicted molar refractivity (Wildman–Crippen MR) is 110 cm³/mol. The lowest BCUT2D eigenvalue weighted by molar-refractivity contribution is -0.148. The summed E-state index contributed by atoms with van der Waals surface area (Å²) < 4.78 is 11.5. The lowest BCUT2D eigenvalue weighted by Gasteiger charge is -2.48. The molecule has 0 bridgehead atoms. The van der Waals surface area contributed by atoms with Crippen LogP contribution in [0.25, 0.3) is 0 Å². The van der Waals surface area contributed by atoms with E-state index in [1.54, 1.807) is 7.11 Å². The molecule has 1 amide bonds. The van der Waals surface area contributed by atoms with Crippen molar-refractivity contribution in [2.24, 2.45) is 0 Å². The zero-order valence-corrected chi connectivity index (χ0v) is 17.2. The monoisotopic (exact) mass is 386 g/mol. The van der Waals surface area contributed by atoms with Gasteiger partial charge in [-0.1, -0.05) is 12.1 Å². The van der Waals surface area contributed by atoms with E-state index >= 15 is 0 Å². The maximum atomic E-state index is 12.7. The standard InChI is InChI=1S/C23H34N2O3/c1-27-21-7-4-19(5-8-21)6-9-22(26)25-15-11-23(12-16-25)18-20(10-17-28-23)24-13-2-3-14-24/h4-5,7-8,20H,2-3,6,9-18H2,1H3. The minimum Gasteiger partial charge on any atom is -0.497 e. The highest BCUT2D eigenvalue weighted by molar-refractivity contribution is 5.76. The Labute approximate surface area is 169 Å². The van der Waals surface area contributed by atoms with Crippen molar-refractivity contribution in [1.82, 2.24) is 9.80 Å². The molecule has 3 saturated heterocycles. The molecule has 3 aliphatic rings. The van der Waals surface area contributed by atoms with Gasteiger partial charge < -0.3 is 19.3 Å². The van der Waals surface area contributed by atoms with Gasteiger partial charge in [-0.3, -0.25) is 4.79 Å². The number of hydrogen-bond donors (Lipinski definition) is 0. The summed E-state index contributed by atoms with van der Waals surface area (Å²) in [6.45, 7) is 5.09. The highest BCUT2D eigenvalue weighted by Crippen LogP contribution is 2.37. The average molecular weight is 387 g/mol. The molecule has 5 heteroatoms. The van der Waals surface area contributed by atoms with Crippen molar-refractivity contribution in [2.75, 3.05) is 39.9 Å². The third-order valence-electron chi connectivity index (χ3n) is 6.94. The van der Waals surface area contributed by atoms with Gasteiger partial charge in [0.15, 0.2) is 0 Å². The molecule has 3 aliphatic heterocycles. The largest absolute Gasteiger partial charge is 0.497 e. The molecule has 3 fully saturated rings. The molecule has 3 heterocycles. The molecule has 28 heavy (non-hydrogen) atoms. The van der Waals surface area contributed by atoms with Crippen molar-refractivity contribution in [3.05, 3.63) is 29.8 Å². The van der Waals surface area contributed by atoms with E-state index in [4.69, 9.17) is 9.47 Å². The van der Waals surface area contributed by atoms with Gasteiger partial charge in [-0.15, -0.1) is 0 Å². The Kier molecular flexibility index (Phi) is 6.22. The maximum Gasteiger partial charge on any atom is 0.222 e. The van der Waals surface area contributed by atoms with Crippen LogP contribution in [0.4, 0.5) is 0 Å². The van der Waals surface area contributed by atoms with Crippen LogP contribution >= 0.6 is 0 Å². The Balaban J connectivity index is 1.25. The molecule has 1 unspecified atom stereocenters. The molecular formula is C23H34N2O3. The first-order chi connectivity index (χ1) is 13.7. The van der Waals surface area contributed by atoms with Crippen molar-refractivity contribution in [1.29, 1.82) is 0 Å². The fraction of sp³-hybridized carbons (Fsp3) is 0.696. The summed E-state index contributed by atoms with van der Waals surface area (Å²) in [6.07, 6.45) is 8.38. The summed E-state index contributed by atoms with van der Waals surface area (Å²) in [5.74, 6) is 1.13. The third-order valence-corrected chi connectivity index (χ3v) is 6.94. The zero-order valence-electron chi connectivity index (χ0n) is 17.2. The molecule has 0 aliphatic carbocycles. The number of piperidine rings is 1. The van der Waals surface area contributed by atoms with E-state index in [1.165, 1.54) is 37.9 Å². The number of carbonyl (C=O) groups is 1. The number of rotatable bonds is 5. The van der Waals surface area contributed by atoms with E-state index in [9.17, 15) is 4.79 Å². The van der Waals surface area contributed by atoms with Crippen LogP contribution in [-0.2, 0) is 16.0 Å². The number of hydrogen-bond acceptors (Lipinski definition) is 4. The first kappa shape index (κ1) is 19.7. The van der Waals surface area contributed by atoms with Crippen molar-refractivity contribution < 1.29 is 14.3 Å². The Bertz CT molecular complexity index is 646. The van der Waals surface area contributed by atoms with E-state index in [1.807, 2.05) is 24.3 Å². The second-order valence-electron chi connectivity index (χ2n) is 8.65. The number of carbonyl (C=O) groups excluding carboxylic acids is 1. The zero-order chi connectivity index (χ0) is 19.4. The van der Waals surface area contributed by atoms with Crippen LogP contribution in [0.15, 0.2) is 24.3 Å². The summed E-state index contributed by atoms with van der Waals surface area (Å²) in [4.78, 5) is 17.4. The number of amides is 1. The third kappa shape index (κ3) is 4.52. The minimum absolute atomic E-state index is 0.0122. The number of methoxy groups -OCH3 is 1. The lowest BCUT2D eigenvalue weighted by atomic mass is 9.81. The van der Waals surface area contributed by atoms with Crippen molar-refractivity contribution in [2.45, 2.75) is 63.0 Å². The Morgan fingerprint density at radius 1 is 1.14 bits per heavy atom. The second-order valence-corrected chi connectivity index (χ2v) is 8.65. The number of aryl methyl sites for hydroxylation is 1. The van der Waals surface area contributed by atoms with Crippen molar-refractivity contribution in [3.63, 3.8) is 0 Å². The first-order valence-corrected chi connectivity index (χ1v) is 11.0. The van der Waals surface area contributed by atoms with Gasteiger partial charge in [0.05, 0.1) is 12.7 Å². The summed E-state index contributed by atoms with van der Waals surface area (Å²) in [5.41, 5.74) is 1.20. The quantitative estimate of drug-likeness (QED) is 0.779. The Morgan fingerprint density at radius 2 is 1.86 bits per heavy atom. The molecule has 0 aromatic heterocycles. The van der Waals surface area contributed by atoms with E-state index in [0.29, 0.717) is 12.5 Å². The molecule has 1 aromatic carbocycles. The average Bonchev–Trinajstić information content (AvgIpc) is 3.28. The van der Waals surface area contributed by atoms with Gasteiger partial charge in [0.1, 0.15) is 5.75 Å². The van der Waals surface area contributed by atoms with Crippen molar-refractivity contribution in [3.8, 4) is 5.75 Å². The fourth-order valence-electron chi connectivity index (χ4n) is 5.13. The van der Waals surface area contributed by atoms with Crippen molar-refractivity contribution >= 4 is 5.91 Å². The van der Waals surface area contributed by atoms with Gasteiger partial charge in [0.2, 0.25) is 5.91 Å². The Morgan fingerprint density at radius 3 is 2.54 bits per heavy atom. The van der Waals surface area contributed by atoms with Gasteiger partial charge in [-0.2, -0.15) is 0 Å². The van der Waals surface area contributed by atoms with Gasteiger partial charge in [0.25, 0.3) is 0 Å². The minimum atomic E-state index is 0.0122. The molecule has 4 rings (SSSR count). The number of benzene rings is 1. The molecule has 5 nitrogen and oxygen atoms in total. The maximum absolute atomic E-state index is 12.7. The summed E-state index contributed by atoms with van der Waals surface area (Å²) in [5, 5.41) is 0. The molecule has 0 radical (unpaired) electrons. The highest BCUT2D eigenvalue weighted by Gasteiger charge is 2.42. The smallest absolute Gasteiger partial charge is 0.222 e. The Hall–Kier alpha value is -1.59. The van der Waals surface area contributed by atoms with E-state index in [2.05, 4.69) is 9.80 Å². The van der Waals surface area contributed by atoms with Crippen LogP contribution in [0.5, 0.6) is 5.75 Å². The van der Waals surface area contributed by atoms with Gasteiger partial charge >= 0.3 is 0 Å². The van der Waals surface area contributed by atoms with Gasteiger partial charge in [0, 0.05) is 32.2 Å². The first-order valence-electron chi connectivity index (χ1n) is 11.0. The number of nitrogens with zero attached hydrogens (tertiary/aromatic N) is 2. The number of likely N-dealkylation sites (tertiary alicyclic amines) is 2. The molecule has 1 aromatic rings. The van der Waals surface area contributed by atoms with Crippen LogP contribution < -0.4 is 4.74 Å². The SMILES string of the molecule is COc1ccc(CCC(=O)N2CCC3(CC2)CC(N2CCCC2)CCO3)cc1. The van der Waals surface area contributed by atoms with Crippen LogP contribution in [0, 0.1) is 0 Å². The normalized spacial score (nSPS) is 25.2. The van der Waals surface area contributed by atoms with Crippen LogP contribution in [-0.4, -0.2) is 67.2 Å². The van der Waals surface area contributed by atoms with Crippen LogP contribution in [0.2, 0.25) is 0 Å². The molecule has 1 spiro atoms. The van der Waals surface area contributed by atoms with Gasteiger partial charge in [-0.25, -0.2) is 0 Å². The van der Waals surface area contributed by atoms with E-state index in [0.717, 1.165) is 51.1 Å². The van der Waals surface area contributed by atoms with E-state index in [-0.39, 0.29) is 11.5 Å². The predicted octanol–water partition coefficient (Wildman–Crippen LogP) is 3.26. The summed E-state index contributed by atoms with van der Waals surface area (Å²) >= 11 is 0. The summed E-state index contributed by atoms with van der Waals surface area (Å²) in [6, 6.07) is 8.70. The van der Waals surface area contributed by atoms with Gasteiger partial charge in [-0.05, 0) is 75.7 Å². The fourth-order valence-corrected chi connectivity index (χ4v) is 5.13. The number of ether oxygens (including phenoxy) is 2. The molecule has 154 valence electrons. The van der Waals surface area contributed by atoms with Crippen LogP contribution in [0.1, 0.15) is 50.5 Å². The molecule has 0 saturated carbocycles. The highest BCUT2D eigenvalue weighted by atomic mass is 16.5. The molecular weight excluding hydrogens is 352 g/mol. The molecule has 1 atom stereocenters.